The second-order valence-corrected chi connectivity index (χ2v) is 6.09. The van der Waals surface area contributed by atoms with Crippen LogP contribution in [-0.4, -0.2) is 15.0 Å². The molecule has 1 N–H and O–H groups in total. The van der Waals surface area contributed by atoms with Gasteiger partial charge < -0.3 is 4.98 Å². The number of rotatable bonds is 1. The molecule has 0 aliphatic rings. The summed E-state index contributed by atoms with van der Waals surface area (Å²) in [6.07, 6.45) is 0. The molecule has 0 unspecified atom stereocenters. The minimum absolute atomic E-state index is 0.278. The number of pyridine rings is 1. The molecule has 0 amide bonds. The van der Waals surface area contributed by atoms with Gasteiger partial charge in [-0.2, -0.15) is 0 Å². The standard InChI is InChI=1S/C12H9Cl2N3S/c1-5-3-9(18-6(5)2)12-15-8-4-7(13)10(14)16-11(8)17-12/h3-4H,1-2H3,(H,15,16,17). The molecule has 0 aliphatic carbocycles. The molecule has 18 heavy (non-hydrogen) atoms. The molecule has 3 heterocycles. The van der Waals surface area contributed by atoms with Crippen molar-refractivity contribution in [3.8, 4) is 10.7 Å². The second kappa shape index (κ2) is 4.23. The summed E-state index contributed by atoms with van der Waals surface area (Å²) in [7, 11) is 0. The number of hydrogen-bond donors (Lipinski definition) is 1. The van der Waals surface area contributed by atoms with Crippen molar-refractivity contribution in [3.05, 3.63) is 32.7 Å². The highest BCUT2D eigenvalue weighted by Crippen LogP contribution is 2.31. The predicted octanol–water partition coefficient (Wildman–Crippen LogP) is 4.61. The lowest BCUT2D eigenvalue weighted by atomic mass is 10.3. The summed E-state index contributed by atoms with van der Waals surface area (Å²) in [5.74, 6) is 0.803. The van der Waals surface area contributed by atoms with E-state index in [4.69, 9.17) is 23.2 Å². The van der Waals surface area contributed by atoms with Crippen LogP contribution in [0, 0.1) is 13.8 Å². The van der Waals surface area contributed by atoms with Crippen LogP contribution in [-0.2, 0) is 0 Å². The predicted molar refractivity (Wildman–Crippen MR) is 76.7 cm³/mol. The lowest BCUT2D eigenvalue weighted by Gasteiger charge is -1.92. The average molecular weight is 298 g/mol. The van der Waals surface area contributed by atoms with Gasteiger partial charge in [-0.05, 0) is 31.5 Å². The van der Waals surface area contributed by atoms with Crippen molar-refractivity contribution >= 4 is 45.7 Å². The molecular formula is C12H9Cl2N3S. The fourth-order valence-electron chi connectivity index (χ4n) is 1.70. The van der Waals surface area contributed by atoms with Crippen molar-refractivity contribution in [1.82, 2.24) is 15.0 Å². The lowest BCUT2D eigenvalue weighted by Crippen LogP contribution is -1.79. The van der Waals surface area contributed by atoms with Crippen LogP contribution < -0.4 is 0 Å². The van der Waals surface area contributed by atoms with Gasteiger partial charge in [-0.15, -0.1) is 11.3 Å². The van der Waals surface area contributed by atoms with Crippen LogP contribution in [0.3, 0.4) is 0 Å². The molecule has 0 atom stereocenters. The van der Waals surface area contributed by atoms with E-state index in [1.165, 1.54) is 10.4 Å². The molecule has 92 valence electrons. The summed E-state index contributed by atoms with van der Waals surface area (Å²) in [6, 6.07) is 3.86. The van der Waals surface area contributed by atoms with E-state index in [-0.39, 0.29) is 5.15 Å². The average Bonchev–Trinajstić information content (AvgIpc) is 2.84. The molecule has 0 aliphatic heterocycles. The highest BCUT2D eigenvalue weighted by atomic mass is 35.5. The third-order valence-electron chi connectivity index (χ3n) is 2.78. The smallest absolute Gasteiger partial charge is 0.179 e. The van der Waals surface area contributed by atoms with Crippen molar-refractivity contribution in [3.63, 3.8) is 0 Å². The number of thiophene rings is 1. The zero-order valence-electron chi connectivity index (χ0n) is 9.71. The number of halogens is 2. The molecular weight excluding hydrogens is 289 g/mol. The molecule has 0 fully saturated rings. The van der Waals surface area contributed by atoms with E-state index in [1.54, 1.807) is 17.4 Å². The van der Waals surface area contributed by atoms with Crippen LogP contribution in [0.1, 0.15) is 10.4 Å². The molecule has 0 bridgehead atoms. The number of aromatic nitrogens is 3. The van der Waals surface area contributed by atoms with Gasteiger partial charge in [-0.1, -0.05) is 23.2 Å². The highest BCUT2D eigenvalue weighted by Gasteiger charge is 2.11. The van der Waals surface area contributed by atoms with E-state index < -0.39 is 0 Å². The Morgan fingerprint density at radius 1 is 1.17 bits per heavy atom. The third-order valence-corrected chi connectivity index (χ3v) is 4.62. The Morgan fingerprint density at radius 2 is 1.94 bits per heavy atom. The zero-order chi connectivity index (χ0) is 12.9. The fraction of sp³-hybridized carbons (Fsp3) is 0.167. The van der Waals surface area contributed by atoms with E-state index >= 15 is 0 Å². The van der Waals surface area contributed by atoms with E-state index in [0.29, 0.717) is 10.7 Å². The van der Waals surface area contributed by atoms with Crippen molar-refractivity contribution in [2.24, 2.45) is 0 Å². The number of hydrogen-bond acceptors (Lipinski definition) is 3. The van der Waals surface area contributed by atoms with Gasteiger partial charge >= 0.3 is 0 Å². The summed E-state index contributed by atoms with van der Waals surface area (Å²) in [4.78, 5) is 14.2. The minimum Gasteiger partial charge on any atom is -0.336 e. The van der Waals surface area contributed by atoms with Crippen LogP contribution in [0.15, 0.2) is 12.1 Å². The van der Waals surface area contributed by atoms with Crippen molar-refractivity contribution in [2.75, 3.05) is 0 Å². The molecule has 6 heteroatoms. The quantitative estimate of drug-likeness (QED) is 0.666. The van der Waals surface area contributed by atoms with Crippen LogP contribution in [0.4, 0.5) is 0 Å². The Bertz CT molecular complexity index is 687. The monoisotopic (exact) mass is 297 g/mol. The number of H-pyrrole nitrogens is 1. The van der Waals surface area contributed by atoms with Gasteiger partial charge in [-0.25, -0.2) is 9.97 Å². The number of imidazole rings is 1. The summed E-state index contributed by atoms with van der Waals surface area (Å²) in [5.41, 5.74) is 2.64. The first kappa shape index (κ1) is 12.0. The highest BCUT2D eigenvalue weighted by molar-refractivity contribution is 7.15. The number of nitrogens with zero attached hydrogens (tertiary/aromatic N) is 2. The first-order valence-corrected chi connectivity index (χ1v) is 6.91. The van der Waals surface area contributed by atoms with Crippen LogP contribution >= 0.6 is 34.5 Å². The number of aromatic amines is 1. The lowest BCUT2D eigenvalue weighted by molar-refractivity contribution is 1.31. The first-order valence-electron chi connectivity index (χ1n) is 5.34. The van der Waals surface area contributed by atoms with Crippen LogP contribution in [0.2, 0.25) is 10.2 Å². The summed E-state index contributed by atoms with van der Waals surface area (Å²) in [6.45, 7) is 4.18. The Labute approximate surface area is 118 Å². The number of nitrogens with one attached hydrogen (secondary N) is 1. The summed E-state index contributed by atoms with van der Waals surface area (Å²) in [5, 5.41) is 0.707. The topological polar surface area (TPSA) is 41.6 Å². The van der Waals surface area contributed by atoms with Gasteiger partial charge in [0, 0.05) is 4.88 Å². The first-order chi connectivity index (χ1) is 8.54. The van der Waals surface area contributed by atoms with Gasteiger partial charge in [0.05, 0.1) is 15.4 Å². The van der Waals surface area contributed by atoms with Gasteiger partial charge in [0.2, 0.25) is 0 Å². The fourth-order valence-corrected chi connectivity index (χ4v) is 2.97. The van der Waals surface area contributed by atoms with Gasteiger partial charge in [0.1, 0.15) is 5.15 Å². The van der Waals surface area contributed by atoms with E-state index in [9.17, 15) is 0 Å². The maximum Gasteiger partial charge on any atom is 0.179 e. The van der Waals surface area contributed by atoms with E-state index in [2.05, 4.69) is 34.9 Å². The molecule has 0 radical (unpaired) electrons. The van der Waals surface area contributed by atoms with E-state index in [0.717, 1.165) is 16.2 Å². The summed E-state index contributed by atoms with van der Waals surface area (Å²) >= 11 is 13.5. The Morgan fingerprint density at radius 3 is 2.61 bits per heavy atom. The Balaban J connectivity index is 2.19. The molecule has 0 saturated carbocycles. The third kappa shape index (κ3) is 1.90. The normalized spacial score (nSPS) is 11.3. The maximum absolute atomic E-state index is 5.93. The van der Waals surface area contributed by atoms with Crippen LogP contribution in [0.5, 0.6) is 0 Å². The molecule has 3 nitrogen and oxygen atoms in total. The van der Waals surface area contributed by atoms with Gasteiger partial charge in [0.15, 0.2) is 11.5 Å². The SMILES string of the molecule is Cc1cc(-c2nc3nc(Cl)c(Cl)cc3[nH]2)sc1C. The van der Waals surface area contributed by atoms with Crippen molar-refractivity contribution in [1.29, 1.82) is 0 Å². The summed E-state index contributed by atoms with van der Waals surface area (Å²) < 4.78 is 0. The zero-order valence-corrected chi connectivity index (χ0v) is 12.0. The Hall–Kier alpha value is -1.10. The number of fused-ring (bicyclic) bond motifs is 1. The number of aryl methyl sites for hydroxylation is 2. The molecule has 3 aromatic rings. The Kier molecular flexibility index (Phi) is 2.81. The molecule has 0 saturated heterocycles. The van der Waals surface area contributed by atoms with E-state index in [1.807, 2.05) is 0 Å². The van der Waals surface area contributed by atoms with Crippen LogP contribution in [0.25, 0.3) is 21.9 Å². The van der Waals surface area contributed by atoms with Crippen molar-refractivity contribution in [2.45, 2.75) is 13.8 Å². The largest absolute Gasteiger partial charge is 0.336 e. The molecule has 3 rings (SSSR count). The molecule has 3 aromatic heterocycles. The molecule has 0 spiro atoms. The minimum atomic E-state index is 0.278. The second-order valence-electron chi connectivity index (χ2n) is 4.07. The maximum atomic E-state index is 5.93. The van der Waals surface area contributed by atoms with Gasteiger partial charge in [-0.3, -0.25) is 0 Å². The van der Waals surface area contributed by atoms with Crippen molar-refractivity contribution < 1.29 is 0 Å². The van der Waals surface area contributed by atoms with Gasteiger partial charge in [0.25, 0.3) is 0 Å². The molecule has 0 aromatic carbocycles.